The number of benzene rings is 1. The van der Waals surface area contributed by atoms with Crippen molar-refractivity contribution in [2.75, 3.05) is 13.2 Å². The van der Waals surface area contributed by atoms with Crippen LogP contribution in [0, 0.1) is 5.41 Å². The highest BCUT2D eigenvalue weighted by Crippen LogP contribution is 2.51. The summed E-state index contributed by atoms with van der Waals surface area (Å²) in [5, 5.41) is 14.3. The van der Waals surface area contributed by atoms with Crippen molar-refractivity contribution >= 4 is 34.9 Å². The molecule has 4 heterocycles. The molecule has 0 aromatic heterocycles. The minimum Gasteiger partial charge on any atom is -0.489 e. The van der Waals surface area contributed by atoms with E-state index in [9.17, 15) is 14.8 Å². The van der Waals surface area contributed by atoms with Gasteiger partial charge in [0.15, 0.2) is 0 Å². The number of rotatable bonds is 0. The lowest BCUT2D eigenvalue weighted by molar-refractivity contribution is -0.712. The van der Waals surface area contributed by atoms with Crippen LogP contribution in [0.25, 0.3) is 11.6 Å². The second-order valence-corrected chi connectivity index (χ2v) is 9.48. The van der Waals surface area contributed by atoms with E-state index in [2.05, 4.69) is 5.32 Å². The third-order valence-electron chi connectivity index (χ3n) is 7.06. The zero-order valence-electron chi connectivity index (χ0n) is 17.1. The summed E-state index contributed by atoms with van der Waals surface area (Å²) < 4.78 is 6.97. The predicted molar refractivity (Wildman–Crippen MR) is 110 cm³/mol. The number of piperazine rings is 1. The number of hydrogen-bond donors (Lipinski definition) is 2. The molecule has 0 unspecified atom stereocenters. The van der Waals surface area contributed by atoms with Crippen LogP contribution in [0.3, 0.4) is 0 Å². The van der Waals surface area contributed by atoms with E-state index in [1.165, 1.54) is 4.74 Å². The van der Waals surface area contributed by atoms with Crippen LogP contribution in [-0.4, -0.2) is 57.1 Å². The number of amides is 2. The first kappa shape index (κ1) is 17.7. The number of nitrogens with zero attached hydrogens (tertiary/aromatic N) is 2. The van der Waals surface area contributed by atoms with E-state index in [4.69, 9.17) is 4.74 Å². The molecule has 4 aliphatic heterocycles. The first-order valence-corrected chi connectivity index (χ1v) is 10.5. The van der Waals surface area contributed by atoms with Crippen molar-refractivity contribution in [3.8, 4) is 5.75 Å². The maximum absolute atomic E-state index is 13.6. The molecule has 2 atom stereocenters. The van der Waals surface area contributed by atoms with Crippen molar-refractivity contribution in [1.82, 2.24) is 10.2 Å². The highest BCUT2D eigenvalue weighted by molar-refractivity contribution is 6.29. The van der Waals surface area contributed by atoms with Crippen molar-refractivity contribution in [3.05, 3.63) is 35.4 Å². The minimum atomic E-state index is -1.09. The fraction of sp³-hybridized carbons (Fsp3) is 0.435. The van der Waals surface area contributed by atoms with E-state index in [1.807, 2.05) is 44.2 Å². The molecule has 2 saturated heterocycles. The topological polar surface area (TPSA) is 81.9 Å². The van der Waals surface area contributed by atoms with Gasteiger partial charge >= 0.3 is 0 Å². The molecule has 0 radical (unpaired) electrons. The van der Waals surface area contributed by atoms with Crippen molar-refractivity contribution in [3.63, 3.8) is 0 Å². The lowest BCUT2D eigenvalue weighted by Gasteiger charge is -2.46. The van der Waals surface area contributed by atoms with Gasteiger partial charge in [-0.2, -0.15) is 0 Å². The molecule has 2 amide bonds. The molecule has 1 spiro atoms. The van der Waals surface area contributed by atoms with Gasteiger partial charge in [-0.1, -0.05) is 0 Å². The molecule has 2 fully saturated rings. The highest BCUT2D eigenvalue weighted by atomic mass is 16.5. The van der Waals surface area contributed by atoms with Gasteiger partial charge in [-0.15, -0.1) is 0 Å². The number of allylic oxidation sites excluding steroid dienone is 1. The minimum absolute atomic E-state index is 0.0386. The van der Waals surface area contributed by atoms with Gasteiger partial charge in [-0.05, 0) is 63.5 Å². The molecule has 0 bridgehead atoms. The summed E-state index contributed by atoms with van der Waals surface area (Å²) in [5.74, 6) is 0.608. The van der Waals surface area contributed by atoms with E-state index in [0.29, 0.717) is 25.3 Å². The van der Waals surface area contributed by atoms with Crippen LogP contribution in [0.2, 0.25) is 0 Å². The van der Waals surface area contributed by atoms with Gasteiger partial charge in [-0.25, -0.2) is 0 Å². The number of nitrogens with one attached hydrogen (secondary N) is 1. The van der Waals surface area contributed by atoms with E-state index in [-0.39, 0.29) is 17.9 Å². The summed E-state index contributed by atoms with van der Waals surface area (Å²) in [7, 11) is 0. The Hall–Kier alpha value is -3.09. The predicted octanol–water partition coefficient (Wildman–Crippen LogP) is 2.25. The molecule has 0 saturated carbocycles. The first-order chi connectivity index (χ1) is 14.3. The lowest BCUT2D eigenvalue weighted by atomic mass is 9.66. The van der Waals surface area contributed by atoms with Crippen molar-refractivity contribution < 1.29 is 24.3 Å². The Morgan fingerprint density at radius 3 is 2.97 bits per heavy atom. The molecule has 154 valence electrons. The standard InChI is InChI=1S/C23H23N3O4/c1-22(2)12-23(21(28)25-9-3-6-16(25)20(27)24-23)11-15-13-7-8-17-14(5-4-10-30-17)18(13)26(29)19(15)22/h4-5,7-8,11,16H,3,6,9-10,12H2,1-2H3,(H-,24,27,29)/p+1/t16-,23+/m0/s1. The summed E-state index contributed by atoms with van der Waals surface area (Å²) in [6.45, 7) is 5.15. The van der Waals surface area contributed by atoms with Gasteiger partial charge in [0, 0.05) is 11.3 Å². The van der Waals surface area contributed by atoms with Crippen LogP contribution in [0.15, 0.2) is 24.3 Å². The van der Waals surface area contributed by atoms with Crippen molar-refractivity contribution in [1.29, 1.82) is 0 Å². The molecule has 1 aromatic carbocycles. The van der Waals surface area contributed by atoms with E-state index in [0.717, 1.165) is 41.0 Å². The first-order valence-electron chi connectivity index (χ1n) is 10.5. The molecule has 2 N–H and O–H groups in total. The quantitative estimate of drug-likeness (QED) is 0.512. The Morgan fingerprint density at radius 2 is 2.13 bits per heavy atom. The Morgan fingerprint density at radius 1 is 1.30 bits per heavy atom. The second-order valence-electron chi connectivity index (χ2n) is 9.48. The largest absolute Gasteiger partial charge is 0.489 e. The number of carbonyl (C=O) groups is 2. The molecular weight excluding hydrogens is 382 g/mol. The summed E-state index contributed by atoms with van der Waals surface area (Å²) in [4.78, 5) is 28.2. The molecular formula is C23H24N3O4+. The van der Waals surface area contributed by atoms with Crippen LogP contribution in [0.5, 0.6) is 5.75 Å². The average molecular weight is 406 g/mol. The van der Waals surface area contributed by atoms with Crippen molar-refractivity contribution in [2.45, 2.75) is 44.7 Å². The van der Waals surface area contributed by atoms with E-state index < -0.39 is 11.0 Å². The fourth-order valence-electron chi connectivity index (χ4n) is 5.97. The second kappa shape index (κ2) is 5.53. The molecule has 1 aliphatic carbocycles. The zero-order valence-corrected chi connectivity index (χ0v) is 17.1. The van der Waals surface area contributed by atoms with Gasteiger partial charge in [0.05, 0.1) is 22.1 Å². The summed E-state index contributed by atoms with van der Waals surface area (Å²) in [6.07, 6.45) is 7.72. The van der Waals surface area contributed by atoms with E-state index in [1.54, 1.807) is 4.90 Å². The average Bonchev–Trinajstić information content (AvgIpc) is 3.30. The third kappa shape index (κ3) is 2.07. The Kier molecular flexibility index (Phi) is 3.27. The summed E-state index contributed by atoms with van der Waals surface area (Å²) >= 11 is 0. The molecule has 6 rings (SSSR count). The van der Waals surface area contributed by atoms with Gasteiger partial charge in [-0.3, -0.25) is 14.8 Å². The highest BCUT2D eigenvalue weighted by Gasteiger charge is 2.60. The SMILES string of the molecule is CC1(C)C[C@@]2(C=C3C1=[N+](O)c1c3ccc3c1C=CCO3)NC(=O)[C@@H]1CCCN1C2=O. The number of carbonyl (C=O) groups excluding carboxylic acids is 2. The van der Waals surface area contributed by atoms with Gasteiger partial charge in [0.2, 0.25) is 11.6 Å². The molecule has 7 nitrogen and oxygen atoms in total. The molecule has 30 heavy (non-hydrogen) atoms. The zero-order chi connectivity index (χ0) is 20.8. The monoisotopic (exact) mass is 406 g/mol. The fourth-order valence-corrected chi connectivity index (χ4v) is 5.97. The molecule has 5 aliphatic rings. The molecule has 1 aromatic rings. The number of fused-ring (bicyclic) bond motifs is 6. The van der Waals surface area contributed by atoms with Crippen LogP contribution in [0.4, 0.5) is 5.69 Å². The van der Waals surface area contributed by atoms with Crippen molar-refractivity contribution in [2.24, 2.45) is 5.41 Å². The van der Waals surface area contributed by atoms with E-state index >= 15 is 0 Å². The van der Waals surface area contributed by atoms with Crippen LogP contribution < -0.4 is 10.1 Å². The number of ether oxygens (including phenoxy) is 1. The van der Waals surface area contributed by atoms with Gasteiger partial charge in [0.1, 0.15) is 23.9 Å². The lowest BCUT2D eigenvalue weighted by Crippen LogP contribution is -2.70. The van der Waals surface area contributed by atoms with Crippen LogP contribution in [0.1, 0.15) is 44.2 Å². The maximum Gasteiger partial charge on any atom is 0.276 e. The van der Waals surface area contributed by atoms with Gasteiger partial charge in [0.25, 0.3) is 11.6 Å². The molecule has 7 heteroatoms. The third-order valence-corrected chi connectivity index (χ3v) is 7.06. The summed E-state index contributed by atoms with van der Waals surface area (Å²) in [5.41, 5.74) is 2.26. The Balaban J connectivity index is 1.58. The normalized spacial score (nSPS) is 30.4. The maximum atomic E-state index is 13.6. The van der Waals surface area contributed by atoms with Crippen LogP contribution >= 0.6 is 0 Å². The van der Waals surface area contributed by atoms with Gasteiger partial charge < -0.3 is 15.0 Å². The van der Waals surface area contributed by atoms with Crippen LogP contribution in [-0.2, 0) is 9.59 Å². The number of hydrogen-bond acceptors (Lipinski definition) is 4. The summed E-state index contributed by atoms with van der Waals surface area (Å²) in [6, 6.07) is 3.48. The Labute approximate surface area is 174 Å². The Bertz CT molecular complexity index is 1130. The smallest absolute Gasteiger partial charge is 0.276 e.